The van der Waals surface area contributed by atoms with Crippen LogP contribution in [0.1, 0.15) is 38.2 Å². The minimum Gasteiger partial charge on any atom is -0.291 e. The van der Waals surface area contributed by atoms with Crippen LogP contribution in [0.4, 0.5) is 0 Å². The predicted octanol–water partition coefficient (Wildman–Crippen LogP) is 3.27. The molecule has 0 aromatic carbocycles. The van der Waals surface area contributed by atoms with Crippen molar-refractivity contribution >= 4 is 29.1 Å². The second-order valence-electron chi connectivity index (χ2n) is 4.48. The Morgan fingerprint density at radius 3 is 2.69 bits per heavy atom. The molecule has 0 radical (unpaired) electrons. The van der Waals surface area contributed by atoms with Crippen LogP contribution in [-0.4, -0.2) is 26.1 Å². The van der Waals surface area contributed by atoms with Crippen LogP contribution in [0.25, 0.3) is 0 Å². The third kappa shape index (κ3) is 3.52. The quantitative estimate of drug-likeness (QED) is 0.780. The maximum Gasteiger partial charge on any atom is 0.192 e. The van der Waals surface area contributed by atoms with E-state index in [4.69, 9.17) is 11.6 Å². The molecule has 1 aromatic heterocycles. The smallest absolute Gasteiger partial charge is 0.192 e. The van der Waals surface area contributed by atoms with E-state index in [1.54, 1.807) is 16.4 Å². The molecule has 3 nitrogen and oxygen atoms in total. The van der Waals surface area contributed by atoms with Gasteiger partial charge < -0.3 is 0 Å². The molecule has 0 saturated heterocycles. The van der Waals surface area contributed by atoms with Gasteiger partial charge >= 0.3 is 0 Å². The molecule has 0 spiro atoms. The van der Waals surface area contributed by atoms with Crippen molar-refractivity contribution in [2.24, 2.45) is 0 Å². The number of rotatable bonds is 4. The Morgan fingerprint density at radius 2 is 2.19 bits per heavy atom. The third-order valence-electron chi connectivity index (χ3n) is 1.99. The Bertz CT molecular complexity index is 382. The van der Waals surface area contributed by atoms with E-state index in [1.165, 1.54) is 6.20 Å². The Morgan fingerprint density at radius 1 is 1.56 bits per heavy atom. The molecule has 0 N–H and O–H groups in total. The molecule has 0 aliphatic heterocycles. The van der Waals surface area contributed by atoms with Gasteiger partial charge in [0.25, 0.3) is 0 Å². The van der Waals surface area contributed by atoms with Gasteiger partial charge in [-0.2, -0.15) is 5.10 Å². The van der Waals surface area contributed by atoms with E-state index in [-0.39, 0.29) is 10.5 Å². The van der Waals surface area contributed by atoms with Gasteiger partial charge in [-0.05, 0) is 6.92 Å². The summed E-state index contributed by atoms with van der Waals surface area (Å²) < 4.78 is 1.73. The molecule has 1 heterocycles. The lowest BCUT2D eigenvalue weighted by Gasteiger charge is -2.16. The van der Waals surface area contributed by atoms with Gasteiger partial charge in [-0.3, -0.25) is 9.48 Å². The molecule has 0 bridgehead atoms. The van der Waals surface area contributed by atoms with Crippen LogP contribution >= 0.6 is 23.4 Å². The van der Waals surface area contributed by atoms with Crippen LogP contribution in [0.2, 0.25) is 5.02 Å². The van der Waals surface area contributed by atoms with E-state index in [1.807, 2.05) is 6.92 Å². The van der Waals surface area contributed by atoms with Gasteiger partial charge in [-0.1, -0.05) is 32.4 Å². The highest BCUT2D eigenvalue weighted by atomic mass is 35.5. The molecule has 1 rings (SSSR count). The van der Waals surface area contributed by atoms with Crippen LogP contribution in [0, 0.1) is 0 Å². The summed E-state index contributed by atoms with van der Waals surface area (Å²) in [5.74, 6) is 0.485. The number of aromatic nitrogens is 2. The first-order chi connectivity index (χ1) is 7.35. The van der Waals surface area contributed by atoms with Crippen molar-refractivity contribution in [2.45, 2.75) is 39.0 Å². The topological polar surface area (TPSA) is 34.9 Å². The van der Waals surface area contributed by atoms with Crippen LogP contribution in [0.5, 0.6) is 0 Å². The number of thioether (sulfide) groups is 1. The summed E-state index contributed by atoms with van der Waals surface area (Å²) in [7, 11) is 0. The molecule has 90 valence electrons. The van der Waals surface area contributed by atoms with Crippen molar-refractivity contribution in [1.29, 1.82) is 0 Å². The summed E-state index contributed by atoms with van der Waals surface area (Å²) in [5, 5.41) is 4.50. The normalized spacial score (nSPS) is 11.8. The summed E-state index contributed by atoms with van der Waals surface area (Å²) in [6, 6.07) is 0. The largest absolute Gasteiger partial charge is 0.291 e. The summed E-state index contributed by atoms with van der Waals surface area (Å²) >= 11 is 7.57. The number of aryl methyl sites for hydroxylation is 1. The SMILES string of the molecule is CCn1ncc(Cl)c1C(=O)CSC(C)(C)C. The summed E-state index contributed by atoms with van der Waals surface area (Å²) in [4.78, 5) is 12.0. The van der Waals surface area contributed by atoms with E-state index in [9.17, 15) is 4.79 Å². The standard InChI is InChI=1S/C11H17ClN2OS/c1-5-14-10(8(12)6-13-14)9(15)7-16-11(2,3)4/h6H,5,7H2,1-4H3. The van der Waals surface area contributed by atoms with Crippen LogP contribution in [-0.2, 0) is 6.54 Å². The fourth-order valence-electron chi connectivity index (χ4n) is 1.23. The average Bonchev–Trinajstić information content (AvgIpc) is 2.55. The highest BCUT2D eigenvalue weighted by Crippen LogP contribution is 2.25. The molecule has 0 amide bonds. The summed E-state index contributed by atoms with van der Waals surface area (Å²) in [6.07, 6.45) is 1.53. The minimum atomic E-state index is 0.0456. The lowest BCUT2D eigenvalue weighted by atomic mass is 10.3. The molecular formula is C11H17ClN2OS. The average molecular weight is 261 g/mol. The van der Waals surface area contributed by atoms with E-state index in [0.717, 1.165) is 0 Å². The maximum absolute atomic E-state index is 12.0. The lowest BCUT2D eigenvalue weighted by Crippen LogP contribution is -2.16. The molecule has 0 unspecified atom stereocenters. The zero-order valence-corrected chi connectivity index (χ0v) is 11.7. The Labute approximate surface area is 106 Å². The van der Waals surface area contributed by atoms with Gasteiger partial charge in [0.15, 0.2) is 5.78 Å². The van der Waals surface area contributed by atoms with Crippen molar-refractivity contribution in [3.05, 3.63) is 16.9 Å². The zero-order valence-electron chi connectivity index (χ0n) is 10.1. The van der Waals surface area contributed by atoms with Crippen molar-refractivity contribution in [2.75, 3.05) is 5.75 Å². The molecule has 0 atom stereocenters. The van der Waals surface area contributed by atoms with E-state index in [2.05, 4.69) is 25.9 Å². The molecule has 0 fully saturated rings. The number of hydrogen-bond donors (Lipinski definition) is 0. The van der Waals surface area contributed by atoms with Gasteiger partial charge in [-0.15, -0.1) is 11.8 Å². The van der Waals surface area contributed by atoms with Gasteiger partial charge in [0.1, 0.15) is 5.69 Å². The Hall–Kier alpha value is -0.480. The first-order valence-corrected chi connectivity index (χ1v) is 6.60. The first kappa shape index (κ1) is 13.6. The second-order valence-corrected chi connectivity index (χ2v) is 6.69. The number of ketones is 1. The minimum absolute atomic E-state index is 0.0456. The molecular weight excluding hydrogens is 244 g/mol. The number of nitrogens with zero attached hydrogens (tertiary/aromatic N) is 2. The monoisotopic (exact) mass is 260 g/mol. The van der Waals surface area contributed by atoms with Crippen LogP contribution in [0.15, 0.2) is 6.20 Å². The fraction of sp³-hybridized carbons (Fsp3) is 0.636. The second kappa shape index (κ2) is 5.23. The van der Waals surface area contributed by atoms with Crippen LogP contribution in [0.3, 0.4) is 0 Å². The lowest BCUT2D eigenvalue weighted by molar-refractivity contribution is 0.101. The summed E-state index contributed by atoms with van der Waals surface area (Å²) in [5.41, 5.74) is 0.529. The third-order valence-corrected chi connectivity index (χ3v) is 3.54. The van der Waals surface area contributed by atoms with Gasteiger partial charge in [0.05, 0.1) is 17.0 Å². The number of halogens is 1. The molecule has 0 aliphatic rings. The summed E-state index contributed by atoms with van der Waals surface area (Å²) in [6.45, 7) is 8.86. The molecule has 1 aromatic rings. The highest BCUT2D eigenvalue weighted by molar-refractivity contribution is 8.01. The van der Waals surface area contributed by atoms with E-state index in [0.29, 0.717) is 23.0 Å². The predicted molar refractivity (Wildman–Crippen MR) is 69.5 cm³/mol. The number of carbonyl (C=O) groups excluding carboxylic acids is 1. The fourth-order valence-corrected chi connectivity index (χ4v) is 2.18. The first-order valence-electron chi connectivity index (χ1n) is 5.23. The van der Waals surface area contributed by atoms with Crippen molar-refractivity contribution in [1.82, 2.24) is 9.78 Å². The molecule has 16 heavy (non-hydrogen) atoms. The molecule has 5 heteroatoms. The highest BCUT2D eigenvalue weighted by Gasteiger charge is 2.19. The number of hydrogen-bond acceptors (Lipinski definition) is 3. The van der Waals surface area contributed by atoms with Gasteiger partial charge in [-0.25, -0.2) is 0 Å². The molecule has 0 saturated carbocycles. The van der Waals surface area contributed by atoms with E-state index < -0.39 is 0 Å². The van der Waals surface area contributed by atoms with Crippen molar-refractivity contribution in [3.8, 4) is 0 Å². The maximum atomic E-state index is 12.0. The molecule has 0 aliphatic carbocycles. The van der Waals surface area contributed by atoms with Gasteiger partial charge in [0, 0.05) is 11.3 Å². The number of carbonyl (C=O) groups is 1. The van der Waals surface area contributed by atoms with Gasteiger partial charge in [0.2, 0.25) is 0 Å². The Kier molecular flexibility index (Phi) is 4.44. The van der Waals surface area contributed by atoms with Crippen LogP contribution < -0.4 is 0 Å². The van der Waals surface area contributed by atoms with Crippen molar-refractivity contribution in [3.63, 3.8) is 0 Å². The Balaban J connectivity index is 2.76. The zero-order chi connectivity index (χ0) is 12.3. The van der Waals surface area contributed by atoms with E-state index >= 15 is 0 Å². The number of Topliss-reactive ketones (excluding diaryl/α,β-unsaturated/α-hetero) is 1. The van der Waals surface area contributed by atoms with Crippen molar-refractivity contribution < 1.29 is 4.79 Å².